The highest BCUT2D eigenvalue weighted by Crippen LogP contribution is 2.39. The van der Waals surface area contributed by atoms with Crippen LogP contribution in [0.25, 0.3) is 0 Å². The van der Waals surface area contributed by atoms with Crippen LogP contribution >= 0.6 is 0 Å². The van der Waals surface area contributed by atoms with E-state index in [0.717, 1.165) is 58.4 Å². The highest BCUT2D eigenvalue weighted by atomic mass is 16.2. The number of amides is 1. The lowest BCUT2D eigenvalue weighted by Crippen LogP contribution is -2.46. The third-order valence-electron chi connectivity index (χ3n) is 6.67. The molecular formula is C23H30N4O3. The van der Waals surface area contributed by atoms with Gasteiger partial charge in [0, 0.05) is 42.9 Å². The summed E-state index contributed by atoms with van der Waals surface area (Å²) < 4.78 is 0. The molecule has 1 unspecified atom stereocenters. The van der Waals surface area contributed by atoms with Gasteiger partial charge < -0.3 is 14.8 Å². The molecule has 1 aromatic heterocycles. The van der Waals surface area contributed by atoms with E-state index in [0.29, 0.717) is 11.3 Å². The molecule has 1 atom stereocenters. The molecule has 7 nitrogen and oxygen atoms in total. The zero-order valence-corrected chi connectivity index (χ0v) is 17.6. The predicted molar refractivity (Wildman–Crippen MR) is 116 cm³/mol. The van der Waals surface area contributed by atoms with Crippen molar-refractivity contribution in [2.45, 2.75) is 39.0 Å². The smallest absolute Gasteiger partial charge is 0.325 e. The Morgan fingerprint density at radius 2 is 1.87 bits per heavy atom. The Bertz CT molecular complexity index is 1010. The van der Waals surface area contributed by atoms with Crippen LogP contribution in [0.1, 0.15) is 36.1 Å². The summed E-state index contributed by atoms with van der Waals surface area (Å²) in [5.41, 5.74) is 1.35. The number of H-pyrrole nitrogens is 2. The SMILES string of the molecule is Cc1[nH]c(=O)[nH]c(=O)c1CC(=O)N1CCC2(CCCN(CCc3ccccc3)C2)C1. The lowest BCUT2D eigenvalue weighted by atomic mass is 9.79. The maximum atomic E-state index is 12.9. The molecule has 2 saturated heterocycles. The van der Waals surface area contributed by atoms with Gasteiger partial charge in [-0.3, -0.25) is 14.6 Å². The molecule has 4 rings (SSSR count). The van der Waals surface area contributed by atoms with Gasteiger partial charge in [-0.05, 0) is 44.7 Å². The summed E-state index contributed by atoms with van der Waals surface area (Å²) in [6.45, 7) is 6.36. The lowest BCUT2D eigenvalue weighted by Gasteiger charge is -2.40. The zero-order valence-electron chi connectivity index (χ0n) is 17.6. The fraction of sp³-hybridized carbons (Fsp3) is 0.522. The molecule has 30 heavy (non-hydrogen) atoms. The number of benzene rings is 1. The third kappa shape index (κ3) is 4.56. The van der Waals surface area contributed by atoms with Gasteiger partial charge in [-0.2, -0.15) is 0 Å². The van der Waals surface area contributed by atoms with Gasteiger partial charge in [-0.25, -0.2) is 4.79 Å². The minimum Gasteiger partial charge on any atom is -0.342 e. The molecule has 1 amide bonds. The second-order valence-corrected chi connectivity index (χ2v) is 8.87. The summed E-state index contributed by atoms with van der Waals surface area (Å²) in [6, 6.07) is 10.6. The molecule has 2 aliphatic heterocycles. The third-order valence-corrected chi connectivity index (χ3v) is 6.67. The average molecular weight is 411 g/mol. The van der Waals surface area contributed by atoms with E-state index in [4.69, 9.17) is 0 Å². The quantitative estimate of drug-likeness (QED) is 0.781. The largest absolute Gasteiger partial charge is 0.342 e. The van der Waals surface area contributed by atoms with E-state index in [-0.39, 0.29) is 17.7 Å². The van der Waals surface area contributed by atoms with E-state index < -0.39 is 11.2 Å². The summed E-state index contributed by atoms with van der Waals surface area (Å²) in [7, 11) is 0. The molecule has 0 aliphatic carbocycles. The van der Waals surface area contributed by atoms with Crippen molar-refractivity contribution in [3.05, 3.63) is 68.0 Å². The first-order valence-corrected chi connectivity index (χ1v) is 10.8. The van der Waals surface area contributed by atoms with Crippen LogP contribution in [0.5, 0.6) is 0 Å². The highest BCUT2D eigenvalue weighted by Gasteiger charge is 2.42. The van der Waals surface area contributed by atoms with Gasteiger partial charge >= 0.3 is 5.69 Å². The number of rotatable bonds is 5. The first-order chi connectivity index (χ1) is 14.4. The van der Waals surface area contributed by atoms with E-state index in [1.54, 1.807) is 6.92 Å². The van der Waals surface area contributed by atoms with Crippen molar-refractivity contribution < 1.29 is 4.79 Å². The highest BCUT2D eigenvalue weighted by molar-refractivity contribution is 5.79. The molecule has 3 heterocycles. The number of hydrogen-bond acceptors (Lipinski definition) is 4. The summed E-state index contributed by atoms with van der Waals surface area (Å²) in [5.74, 6) is -0.0334. The second kappa shape index (κ2) is 8.60. The molecule has 1 spiro atoms. The number of likely N-dealkylation sites (tertiary alicyclic amines) is 2. The minimum atomic E-state index is -0.536. The summed E-state index contributed by atoms with van der Waals surface area (Å²) >= 11 is 0. The predicted octanol–water partition coefficient (Wildman–Crippen LogP) is 1.47. The fourth-order valence-electron chi connectivity index (χ4n) is 5.02. The Hall–Kier alpha value is -2.67. The van der Waals surface area contributed by atoms with Crippen molar-refractivity contribution in [3.8, 4) is 0 Å². The number of carbonyl (C=O) groups is 1. The Kier molecular flexibility index (Phi) is 5.90. The van der Waals surface area contributed by atoms with Crippen molar-refractivity contribution in [3.63, 3.8) is 0 Å². The molecule has 0 radical (unpaired) electrons. The number of hydrogen-bond donors (Lipinski definition) is 2. The van der Waals surface area contributed by atoms with Gasteiger partial charge in [-0.15, -0.1) is 0 Å². The number of aromatic amines is 2. The standard InChI is InChI=1S/C23H30N4O3/c1-17-19(21(29)25-22(30)24-17)14-20(28)27-13-10-23(16-27)9-5-11-26(15-23)12-8-18-6-3-2-4-7-18/h2-4,6-7H,5,8-16H2,1H3,(H2,24,25,29,30). The molecule has 2 aliphatic rings. The van der Waals surface area contributed by atoms with E-state index in [1.165, 1.54) is 5.56 Å². The van der Waals surface area contributed by atoms with Crippen molar-refractivity contribution in [2.75, 3.05) is 32.7 Å². The monoisotopic (exact) mass is 410 g/mol. The van der Waals surface area contributed by atoms with Crippen LogP contribution in [0.15, 0.2) is 39.9 Å². The van der Waals surface area contributed by atoms with Gasteiger partial charge in [0.05, 0.1) is 6.42 Å². The van der Waals surface area contributed by atoms with E-state index in [1.807, 2.05) is 11.0 Å². The van der Waals surface area contributed by atoms with Crippen LogP contribution in [-0.2, 0) is 17.6 Å². The maximum absolute atomic E-state index is 12.9. The first-order valence-electron chi connectivity index (χ1n) is 10.8. The number of piperidine rings is 1. The molecule has 2 aromatic rings. The van der Waals surface area contributed by atoms with E-state index in [9.17, 15) is 14.4 Å². The number of aromatic nitrogens is 2. The van der Waals surface area contributed by atoms with Crippen LogP contribution in [0.2, 0.25) is 0 Å². The number of carbonyl (C=O) groups excluding carboxylic acids is 1. The van der Waals surface area contributed by atoms with Crippen molar-refractivity contribution in [1.82, 2.24) is 19.8 Å². The second-order valence-electron chi connectivity index (χ2n) is 8.87. The molecule has 1 aromatic carbocycles. The van der Waals surface area contributed by atoms with Gasteiger partial charge in [0.25, 0.3) is 5.56 Å². The number of nitrogens with zero attached hydrogens (tertiary/aromatic N) is 2. The van der Waals surface area contributed by atoms with E-state index in [2.05, 4.69) is 39.1 Å². The summed E-state index contributed by atoms with van der Waals surface area (Å²) in [6.07, 6.45) is 4.41. The summed E-state index contributed by atoms with van der Waals surface area (Å²) in [5, 5.41) is 0. The maximum Gasteiger partial charge on any atom is 0.325 e. The Morgan fingerprint density at radius 1 is 1.07 bits per heavy atom. The number of aryl methyl sites for hydroxylation is 1. The molecule has 160 valence electrons. The molecule has 2 fully saturated rings. The van der Waals surface area contributed by atoms with Crippen LogP contribution in [0.4, 0.5) is 0 Å². The Labute approximate surface area is 176 Å². The normalized spacial score (nSPS) is 22.0. The van der Waals surface area contributed by atoms with Gasteiger partial charge in [0.1, 0.15) is 0 Å². The Morgan fingerprint density at radius 3 is 2.63 bits per heavy atom. The molecule has 0 bridgehead atoms. The Balaban J connectivity index is 1.36. The van der Waals surface area contributed by atoms with Crippen molar-refractivity contribution in [1.29, 1.82) is 0 Å². The molecule has 7 heteroatoms. The lowest BCUT2D eigenvalue weighted by molar-refractivity contribution is -0.130. The molecular weight excluding hydrogens is 380 g/mol. The minimum absolute atomic E-state index is 0.0334. The average Bonchev–Trinajstić information content (AvgIpc) is 3.13. The van der Waals surface area contributed by atoms with Crippen LogP contribution in [-0.4, -0.2) is 58.4 Å². The van der Waals surface area contributed by atoms with Crippen LogP contribution < -0.4 is 11.2 Å². The van der Waals surface area contributed by atoms with E-state index >= 15 is 0 Å². The van der Waals surface area contributed by atoms with Gasteiger partial charge in [0.2, 0.25) is 5.91 Å². The molecule has 2 N–H and O–H groups in total. The van der Waals surface area contributed by atoms with Gasteiger partial charge in [-0.1, -0.05) is 30.3 Å². The van der Waals surface area contributed by atoms with Gasteiger partial charge in [0.15, 0.2) is 0 Å². The topological polar surface area (TPSA) is 89.3 Å². The zero-order chi connectivity index (χ0) is 21.1. The molecule has 0 saturated carbocycles. The van der Waals surface area contributed by atoms with Crippen LogP contribution in [0, 0.1) is 12.3 Å². The van der Waals surface area contributed by atoms with Crippen LogP contribution in [0.3, 0.4) is 0 Å². The number of nitrogens with one attached hydrogen (secondary N) is 2. The van der Waals surface area contributed by atoms with Crippen molar-refractivity contribution >= 4 is 5.91 Å². The first kappa shape index (κ1) is 20.6. The summed E-state index contributed by atoms with van der Waals surface area (Å²) in [4.78, 5) is 45.6. The fourth-order valence-corrected chi connectivity index (χ4v) is 5.02. The van der Waals surface area contributed by atoms with Crippen molar-refractivity contribution in [2.24, 2.45) is 5.41 Å².